The molecule has 1 fully saturated rings. The Morgan fingerprint density at radius 2 is 1.95 bits per heavy atom. The van der Waals surface area contributed by atoms with Crippen LogP contribution in [0.2, 0.25) is 0 Å². The Morgan fingerprint density at radius 3 is 2.75 bits per heavy atom. The van der Waals surface area contributed by atoms with E-state index >= 15 is 0 Å². The first kappa shape index (κ1) is 13.2. The summed E-state index contributed by atoms with van der Waals surface area (Å²) in [5.74, 6) is 1.63. The van der Waals surface area contributed by atoms with Gasteiger partial charge in [-0.05, 0) is 36.6 Å². The van der Waals surface area contributed by atoms with E-state index in [1.54, 1.807) is 0 Å². The van der Waals surface area contributed by atoms with Crippen LogP contribution < -0.4 is 10.1 Å². The molecule has 0 saturated heterocycles. The maximum absolute atomic E-state index is 9.17. The fraction of sp³-hybridized carbons (Fsp3) is 0.294. The number of para-hydroxylation sites is 1. The lowest BCUT2D eigenvalue weighted by Gasteiger charge is -2.12. The van der Waals surface area contributed by atoms with Gasteiger partial charge in [0, 0.05) is 18.2 Å². The van der Waals surface area contributed by atoms with Gasteiger partial charge < -0.3 is 15.2 Å². The van der Waals surface area contributed by atoms with Gasteiger partial charge >= 0.3 is 0 Å². The van der Waals surface area contributed by atoms with Crippen molar-refractivity contribution in [2.75, 3.05) is 0 Å². The minimum Gasteiger partial charge on any atom is -0.457 e. The predicted molar refractivity (Wildman–Crippen MR) is 78.7 cm³/mol. The molecule has 0 aliphatic heterocycles. The molecule has 1 aliphatic rings. The Morgan fingerprint density at radius 1 is 1.10 bits per heavy atom. The molecule has 0 radical (unpaired) electrons. The SMILES string of the molecule is OCc1cccc(Oc2ccccc2CNC2CC2)c1. The molecule has 20 heavy (non-hydrogen) atoms. The molecule has 0 unspecified atom stereocenters. The standard InChI is InChI=1S/C17H19NO2/c19-12-13-4-3-6-16(10-13)20-17-7-2-1-5-14(17)11-18-15-8-9-15/h1-7,10,15,18-19H,8-9,11-12H2. The number of hydrogen-bond donors (Lipinski definition) is 2. The van der Waals surface area contributed by atoms with E-state index in [1.165, 1.54) is 12.8 Å². The summed E-state index contributed by atoms with van der Waals surface area (Å²) in [4.78, 5) is 0. The molecule has 0 heterocycles. The van der Waals surface area contributed by atoms with E-state index < -0.39 is 0 Å². The van der Waals surface area contributed by atoms with Crippen molar-refractivity contribution >= 4 is 0 Å². The molecule has 3 heteroatoms. The molecule has 104 valence electrons. The number of aliphatic hydroxyl groups excluding tert-OH is 1. The van der Waals surface area contributed by atoms with Crippen molar-refractivity contribution in [1.82, 2.24) is 5.32 Å². The van der Waals surface area contributed by atoms with E-state index in [1.807, 2.05) is 42.5 Å². The number of hydrogen-bond acceptors (Lipinski definition) is 3. The summed E-state index contributed by atoms with van der Waals surface area (Å²) in [6, 6.07) is 16.3. The Bertz CT molecular complexity index is 579. The van der Waals surface area contributed by atoms with Crippen LogP contribution in [0.1, 0.15) is 24.0 Å². The number of ether oxygens (including phenoxy) is 1. The molecule has 0 atom stereocenters. The van der Waals surface area contributed by atoms with Gasteiger partial charge in [0.25, 0.3) is 0 Å². The lowest BCUT2D eigenvalue weighted by molar-refractivity contribution is 0.281. The van der Waals surface area contributed by atoms with Crippen LogP contribution in [-0.4, -0.2) is 11.1 Å². The predicted octanol–water partition coefficient (Wildman–Crippen LogP) is 3.22. The van der Waals surface area contributed by atoms with Gasteiger partial charge in [-0.2, -0.15) is 0 Å². The summed E-state index contributed by atoms with van der Waals surface area (Å²) in [6.45, 7) is 0.864. The van der Waals surface area contributed by atoms with Gasteiger partial charge in [0.05, 0.1) is 6.61 Å². The van der Waals surface area contributed by atoms with Crippen LogP contribution in [0.3, 0.4) is 0 Å². The van der Waals surface area contributed by atoms with Crippen molar-refractivity contribution in [3.05, 3.63) is 59.7 Å². The highest BCUT2D eigenvalue weighted by molar-refractivity contribution is 5.39. The van der Waals surface area contributed by atoms with Crippen molar-refractivity contribution < 1.29 is 9.84 Å². The summed E-state index contributed by atoms with van der Waals surface area (Å²) < 4.78 is 5.95. The van der Waals surface area contributed by atoms with Gasteiger partial charge in [-0.25, -0.2) is 0 Å². The van der Waals surface area contributed by atoms with E-state index in [9.17, 15) is 0 Å². The third-order valence-corrected chi connectivity index (χ3v) is 3.44. The van der Waals surface area contributed by atoms with Gasteiger partial charge in [0.15, 0.2) is 0 Å². The Hall–Kier alpha value is -1.84. The minimum absolute atomic E-state index is 0.0298. The summed E-state index contributed by atoms with van der Waals surface area (Å²) in [6.07, 6.45) is 2.56. The Labute approximate surface area is 119 Å². The lowest BCUT2D eigenvalue weighted by Crippen LogP contribution is -2.15. The summed E-state index contributed by atoms with van der Waals surface area (Å²) in [5.41, 5.74) is 2.02. The van der Waals surface area contributed by atoms with Crippen LogP contribution >= 0.6 is 0 Å². The molecule has 0 bridgehead atoms. The first-order valence-electron chi connectivity index (χ1n) is 7.04. The molecule has 2 N–H and O–H groups in total. The van der Waals surface area contributed by atoms with Gasteiger partial charge in [0.2, 0.25) is 0 Å². The highest BCUT2D eigenvalue weighted by atomic mass is 16.5. The first-order chi connectivity index (χ1) is 9.85. The van der Waals surface area contributed by atoms with Crippen LogP contribution in [0, 0.1) is 0 Å². The number of benzene rings is 2. The number of nitrogens with one attached hydrogen (secondary N) is 1. The molecule has 1 aliphatic carbocycles. The zero-order chi connectivity index (χ0) is 13.8. The van der Waals surface area contributed by atoms with Crippen molar-refractivity contribution in [2.45, 2.75) is 32.0 Å². The van der Waals surface area contributed by atoms with E-state index in [4.69, 9.17) is 9.84 Å². The van der Waals surface area contributed by atoms with Crippen molar-refractivity contribution in [3.8, 4) is 11.5 Å². The minimum atomic E-state index is 0.0298. The summed E-state index contributed by atoms with van der Waals surface area (Å²) in [5, 5.41) is 12.7. The molecule has 2 aromatic rings. The second-order valence-corrected chi connectivity index (χ2v) is 5.17. The molecule has 1 saturated carbocycles. The van der Waals surface area contributed by atoms with Gasteiger partial charge in [-0.1, -0.05) is 30.3 Å². The largest absolute Gasteiger partial charge is 0.457 e. The molecule has 3 nitrogen and oxygen atoms in total. The fourth-order valence-electron chi connectivity index (χ4n) is 2.13. The summed E-state index contributed by atoms with van der Waals surface area (Å²) in [7, 11) is 0. The first-order valence-corrected chi connectivity index (χ1v) is 7.04. The average Bonchev–Trinajstić information content (AvgIpc) is 3.31. The second kappa shape index (κ2) is 6.07. The van der Waals surface area contributed by atoms with Crippen molar-refractivity contribution in [3.63, 3.8) is 0 Å². The van der Waals surface area contributed by atoms with Crippen LogP contribution in [0.4, 0.5) is 0 Å². The second-order valence-electron chi connectivity index (χ2n) is 5.17. The van der Waals surface area contributed by atoms with Gasteiger partial charge in [-0.3, -0.25) is 0 Å². The zero-order valence-electron chi connectivity index (χ0n) is 11.4. The third-order valence-electron chi connectivity index (χ3n) is 3.44. The lowest BCUT2D eigenvalue weighted by atomic mass is 10.2. The maximum Gasteiger partial charge on any atom is 0.131 e. The normalized spacial score (nSPS) is 14.2. The monoisotopic (exact) mass is 269 g/mol. The average molecular weight is 269 g/mol. The van der Waals surface area contributed by atoms with Gasteiger partial charge in [0.1, 0.15) is 11.5 Å². The third kappa shape index (κ3) is 3.38. The van der Waals surface area contributed by atoms with Crippen LogP contribution in [0.5, 0.6) is 11.5 Å². The Kier molecular flexibility index (Phi) is 4.00. The molecule has 0 amide bonds. The van der Waals surface area contributed by atoms with Crippen LogP contribution in [-0.2, 0) is 13.2 Å². The van der Waals surface area contributed by atoms with E-state index in [0.29, 0.717) is 6.04 Å². The fourth-order valence-corrected chi connectivity index (χ4v) is 2.13. The quantitative estimate of drug-likeness (QED) is 0.846. The maximum atomic E-state index is 9.17. The highest BCUT2D eigenvalue weighted by Gasteiger charge is 2.20. The van der Waals surface area contributed by atoms with E-state index in [-0.39, 0.29) is 6.61 Å². The van der Waals surface area contributed by atoms with Crippen LogP contribution in [0.15, 0.2) is 48.5 Å². The number of aliphatic hydroxyl groups is 1. The number of rotatable bonds is 6. The molecule has 2 aromatic carbocycles. The smallest absolute Gasteiger partial charge is 0.131 e. The molecule has 3 rings (SSSR count). The molecular formula is C17H19NO2. The highest BCUT2D eigenvalue weighted by Crippen LogP contribution is 2.27. The van der Waals surface area contributed by atoms with E-state index in [0.717, 1.165) is 29.2 Å². The summed E-state index contributed by atoms with van der Waals surface area (Å²) >= 11 is 0. The molecular weight excluding hydrogens is 250 g/mol. The molecule has 0 aromatic heterocycles. The van der Waals surface area contributed by atoms with Gasteiger partial charge in [-0.15, -0.1) is 0 Å². The zero-order valence-corrected chi connectivity index (χ0v) is 11.4. The van der Waals surface area contributed by atoms with Crippen LogP contribution in [0.25, 0.3) is 0 Å². The van der Waals surface area contributed by atoms with E-state index in [2.05, 4.69) is 11.4 Å². The Balaban J connectivity index is 1.74. The van der Waals surface area contributed by atoms with Crippen molar-refractivity contribution in [2.24, 2.45) is 0 Å². The van der Waals surface area contributed by atoms with Crippen molar-refractivity contribution in [1.29, 1.82) is 0 Å². The topological polar surface area (TPSA) is 41.5 Å². The molecule has 0 spiro atoms.